The van der Waals surface area contributed by atoms with Crippen LogP contribution in [0.15, 0.2) is 18.3 Å². The predicted octanol–water partition coefficient (Wildman–Crippen LogP) is 3.01. The third-order valence-electron chi connectivity index (χ3n) is 1.92. The van der Waals surface area contributed by atoms with E-state index in [1.54, 1.807) is 6.20 Å². The quantitative estimate of drug-likeness (QED) is 0.672. The van der Waals surface area contributed by atoms with Gasteiger partial charge in [-0.2, -0.15) is 0 Å². The Kier molecular flexibility index (Phi) is 3.04. The first-order chi connectivity index (χ1) is 6.38. The number of aromatic nitrogens is 1. The van der Waals surface area contributed by atoms with Crippen molar-refractivity contribution < 1.29 is 4.79 Å². The highest BCUT2D eigenvalue weighted by atomic mass is 16.1. The van der Waals surface area contributed by atoms with Gasteiger partial charge >= 0.3 is 0 Å². The van der Waals surface area contributed by atoms with Crippen molar-refractivity contribution >= 4 is 5.78 Å². The fraction of sp³-hybridized carbons (Fsp3) is 0.500. The highest BCUT2D eigenvalue weighted by Gasteiger charge is 2.17. The molecule has 1 heterocycles. The molecule has 2 nitrogen and oxygen atoms in total. The molecule has 0 aliphatic carbocycles. The lowest BCUT2D eigenvalue weighted by molar-refractivity contribution is 0.0939. The Morgan fingerprint density at radius 1 is 1.36 bits per heavy atom. The third-order valence-corrected chi connectivity index (χ3v) is 1.92. The topological polar surface area (TPSA) is 30.0 Å². The summed E-state index contributed by atoms with van der Waals surface area (Å²) >= 11 is 0. The highest BCUT2D eigenvalue weighted by Crippen LogP contribution is 2.21. The molecule has 2 heteroatoms. The lowest BCUT2D eigenvalue weighted by Crippen LogP contribution is -2.13. The minimum absolute atomic E-state index is 0.0436. The van der Waals surface area contributed by atoms with Gasteiger partial charge in [-0.15, -0.1) is 0 Å². The van der Waals surface area contributed by atoms with Gasteiger partial charge in [-0.3, -0.25) is 9.78 Å². The van der Waals surface area contributed by atoms with Crippen LogP contribution in [0.25, 0.3) is 0 Å². The summed E-state index contributed by atoms with van der Waals surface area (Å²) in [7, 11) is 0. The van der Waals surface area contributed by atoms with E-state index in [1.807, 2.05) is 19.1 Å². The van der Waals surface area contributed by atoms with Crippen molar-refractivity contribution in [2.75, 3.05) is 0 Å². The number of Topliss-reactive ketones (excluding diaryl/α,β-unsaturated/α-hetero) is 1. The first kappa shape index (κ1) is 10.9. The number of carbonyl (C=O) groups excluding carboxylic acids is 1. The molecular weight excluding hydrogens is 174 g/mol. The van der Waals surface area contributed by atoms with Crippen molar-refractivity contribution in [1.29, 1.82) is 0 Å². The van der Waals surface area contributed by atoms with Gasteiger partial charge in [0.2, 0.25) is 0 Å². The third kappa shape index (κ3) is 3.29. The molecule has 0 saturated carbocycles. The fourth-order valence-electron chi connectivity index (χ4n) is 1.22. The first-order valence-electron chi connectivity index (χ1n) is 4.84. The Bertz CT molecular complexity index is 319. The van der Waals surface area contributed by atoms with Crippen LogP contribution in [-0.4, -0.2) is 10.8 Å². The Balaban J connectivity index is 2.76. The van der Waals surface area contributed by atoms with Gasteiger partial charge in [-0.1, -0.05) is 20.8 Å². The summed E-state index contributed by atoms with van der Waals surface area (Å²) in [5.74, 6) is 0.171. The van der Waals surface area contributed by atoms with E-state index < -0.39 is 0 Å². The molecule has 1 aromatic rings. The van der Waals surface area contributed by atoms with Gasteiger partial charge < -0.3 is 0 Å². The van der Waals surface area contributed by atoms with Crippen molar-refractivity contribution in [3.63, 3.8) is 0 Å². The van der Waals surface area contributed by atoms with Gasteiger partial charge in [0, 0.05) is 23.9 Å². The van der Waals surface area contributed by atoms with Crippen LogP contribution in [0.3, 0.4) is 0 Å². The molecular formula is C12H17NO. The second-order valence-corrected chi connectivity index (χ2v) is 4.85. The molecule has 0 aliphatic rings. The zero-order chi connectivity index (χ0) is 10.8. The minimum Gasteiger partial charge on any atom is -0.294 e. The summed E-state index contributed by atoms with van der Waals surface area (Å²) in [6.07, 6.45) is 2.22. The van der Waals surface area contributed by atoms with Crippen LogP contribution in [0, 0.1) is 12.3 Å². The monoisotopic (exact) mass is 191 g/mol. The van der Waals surface area contributed by atoms with Crippen LogP contribution in [0.4, 0.5) is 0 Å². The van der Waals surface area contributed by atoms with Crippen LogP contribution in [-0.2, 0) is 0 Å². The number of carbonyl (C=O) groups is 1. The molecule has 1 aromatic heterocycles. The minimum atomic E-state index is 0.0436. The van der Waals surface area contributed by atoms with Gasteiger partial charge in [0.15, 0.2) is 5.78 Å². The van der Waals surface area contributed by atoms with Crippen LogP contribution >= 0.6 is 0 Å². The van der Waals surface area contributed by atoms with E-state index in [-0.39, 0.29) is 11.2 Å². The Hall–Kier alpha value is -1.18. The highest BCUT2D eigenvalue weighted by molar-refractivity contribution is 5.96. The Morgan fingerprint density at radius 3 is 2.43 bits per heavy atom. The van der Waals surface area contributed by atoms with Crippen LogP contribution in [0.5, 0.6) is 0 Å². The Morgan fingerprint density at radius 2 is 2.00 bits per heavy atom. The van der Waals surface area contributed by atoms with Crippen molar-refractivity contribution in [1.82, 2.24) is 4.98 Å². The molecule has 0 bridgehead atoms. The van der Waals surface area contributed by atoms with Gasteiger partial charge in [-0.25, -0.2) is 0 Å². The average Bonchev–Trinajstić information content (AvgIpc) is 2.02. The normalized spacial score (nSPS) is 11.4. The standard InChI is InChI=1S/C12H17NO/c1-9-5-6-10(8-13-9)11(14)7-12(2,3)4/h5-6,8H,7H2,1-4H3. The molecule has 0 aliphatic heterocycles. The second-order valence-electron chi connectivity index (χ2n) is 4.85. The van der Waals surface area contributed by atoms with E-state index in [4.69, 9.17) is 0 Å². The van der Waals surface area contributed by atoms with Gasteiger partial charge in [0.25, 0.3) is 0 Å². The molecule has 76 valence electrons. The number of pyridine rings is 1. The van der Waals surface area contributed by atoms with E-state index in [0.717, 1.165) is 5.69 Å². The summed E-state index contributed by atoms with van der Waals surface area (Å²) in [6.45, 7) is 8.10. The molecule has 1 rings (SSSR count). The summed E-state index contributed by atoms with van der Waals surface area (Å²) in [5, 5.41) is 0. The van der Waals surface area contributed by atoms with E-state index >= 15 is 0 Å². The summed E-state index contributed by atoms with van der Waals surface area (Å²) < 4.78 is 0. The smallest absolute Gasteiger partial charge is 0.164 e. The molecule has 0 radical (unpaired) electrons. The maximum Gasteiger partial charge on any atom is 0.164 e. The largest absolute Gasteiger partial charge is 0.294 e. The summed E-state index contributed by atoms with van der Waals surface area (Å²) in [5.41, 5.74) is 1.70. The maximum atomic E-state index is 11.7. The van der Waals surface area contributed by atoms with E-state index in [9.17, 15) is 4.79 Å². The number of hydrogen-bond acceptors (Lipinski definition) is 2. The summed E-state index contributed by atoms with van der Waals surface area (Å²) in [4.78, 5) is 15.8. The maximum absolute atomic E-state index is 11.7. The van der Waals surface area contributed by atoms with E-state index in [2.05, 4.69) is 25.8 Å². The zero-order valence-electron chi connectivity index (χ0n) is 9.29. The summed E-state index contributed by atoms with van der Waals surface area (Å²) in [6, 6.07) is 3.71. The van der Waals surface area contributed by atoms with E-state index in [1.165, 1.54) is 0 Å². The fourth-order valence-corrected chi connectivity index (χ4v) is 1.22. The second kappa shape index (κ2) is 3.91. The number of aryl methyl sites for hydroxylation is 1. The lowest BCUT2D eigenvalue weighted by Gasteiger charge is -2.16. The van der Waals surface area contributed by atoms with Crippen molar-refractivity contribution in [2.45, 2.75) is 34.1 Å². The predicted molar refractivity (Wildman–Crippen MR) is 57.4 cm³/mol. The lowest BCUT2D eigenvalue weighted by atomic mass is 9.88. The molecule has 0 unspecified atom stereocenters. The van der Waals surface area contributed by atoms with Crippen LogP contribution < -0.4 is 0 Å². The molecule has 0 atom stereocenters. The van der Waals surface area contributed by atoms with Crippen molar-refractivity contribution in [3.05, 3.63) is 29.6 Å². The van der Waals surface area contributed by atoms with Crippen molar-refractivity contribution in [2.24, 2.45) is 5.41 Å². The molecule has 14 heavy (non-hydrogen) atoms. The van der Waals surface area contributed by atoms with Gasteiger partial charge in [0.1, 0.15) is 0 Å². The van der Waals surface area contributed by atoms with Gasteiger partial charge in [-0.05, 0) is 24.5 Å². The zero-order valence-corrected chi connectivity index (χ0v) is 9.29. The van der Waals surface area contributed by atoms with Crippen LogP contribution in [0.2, 0.25) is 0 Å². The number of nitrogens with zero attached hydrogens (tertiary/aromatic N) is 1. The van der Waals surface area contributed by atoms with Crippen LogP contribution in [0.1, 0.15) is 43.2 Å². The molecule has 0 N–H and O–H groups in total. The van der Waals surface area contributed by atoms with Gasteiger partial charge in [0.05, 0.1) is 0 Å². The van der Waals surface area contributed by atoms with E-state index in [0.29, 0.717) is 12.0 Å². The number of rotatable bonds is 2. The molecule has 0 saturated heterocycles. The van der Waals surface area contributed by atoms with Crippen molar-refractivity contribution in [3.8, 4) is 0 Å². The number of ketones is 1. The molecule has 0 spiro atoms. The number of hydrogen-bond donors (Lipinski definition) is 0. The molecule has 0 fully saturated rings. The first-order valence-corrected chi connectivity index (χ1v) is 4.84. The Labute approximate surface area is 85.4 Å². The SMILES string of the molecule is Cc1ccc(C(=O)CC(C)(C)C)cn1. The molecule has 0 amide bonds. The average molecular weight is 191 g/mol. The molecule has 0 aromatic carbocycles.